The molecule has 12 aromatic rings. The molecule has 0 atom stereocenters. The molecule has 0 spiro atoms. The SMILES string of the molecule is CC(C)(C)OC(=O)N1CCC(n2cc3c(n2)C(=O)NCCCCCCn2cc(cn2)-c2cccc(n2)C(=O)N3)CC1.Cn1cc2c(n1)C(=O)NC/C=C/CCCn1cc(cn1)-c1cccc(n1)C(=O)N2.Cn1cc2c(n1)C(=O)NCC/C=C/CCn1cc(cn1)-c1cccc(n1)C(=O)N2.Cn1cc2c(n1)C(=O)NCC/C=C\CCn1cc(cn1)-c1cccc(n1)C(=O)N2. The Morgan fingerprint density at radius 1 is 0.352 bits per heavy atom. The van der Waals surface area contributed by atoms with Gasteiger partial charge in [0.25, 0.3) is 47.3 Å². The van der Waals surface area contributed by atoms with Crippen molar-refractivity contribution in [3.63, 3.8) is 0 Å². The molecule has 5 aliphatic rings. The number of piperidine rings is 1. The van der Waals surface area contributed by atoms with E-state index < -0.39 is 29.2 Å². The number of carbonyl (C=O) groups excluding carboxylic acids is 9. The molecule has 12 aromatic heterocycles. The van der Waals surface area contributed by atoms with Crippen LogP contribution in [-0.2, 0) is 52.1 Å². The Kier molecular flexibility index (Phi) is 29.0. The van der Waals surface area contributed by atoms with Crippen molar-refractivity contribution >= 4 is 76.1 Å². The molecule has 17 rings (SSSR count). The Morgan fingerprint density at radius 2 is 0.695 bits per heavy atom. The van der Waals surface area contributed by atoms with Gasteiger partial charge in [0.2, 0.25) is 0 Å². The molecule has 128 heavy (non-hydrogen) atoms. The Hall–Kier alpha value is -15.5. The summed E-state index contributed by atoms with van der Waals surface area (Å²) in [7, 11) is 5.08. The number of aryl methyl sites for hydroxylation is 7. The minimum Gasteiger partial charge on any atom is -0.444 e. The maximum Gasteiger partial charge on any atom is 0.410 e. The van der Waals surface area contributed by atoms with E-state index in [1.165, 1.54) is 14.0 Å². The first-order valence-electron chi connectivity index (χ1n) is 42.5. The molecule has 0 radical (unpaired) electrons. The number of anilines is 4. The molecule has 662 valence electrons. The van der Waals surface area contributed by atoms with Gasteiger partial charge in [-0.25, -0.2) is 24.7 Å². The number of fused-ring (bicyclic) bond motifs is 24. The first-order chi connectivity index (χ1) is 62.0. The number of nitrogens with zero attached hydrogens (tertiary/aromatic N) is 21. The Balaban J connectivity index is 0.000000140. The molecule has 0 aromatic carbocycles. The van der Waals surface area contributed by atoms with Crippen molar-refractivity contribution in [2.75, 3.05) is 60.5 Å². The standard InChI is InChI=1S/C29H38N8O4.3C20H21N7O2/c1-29(2,3)41-28(40)35-15-11-21(12-16-35)37-19-24-25(34-37)27(39)30-13-6-4-5-7-14-36-18-20(17-31-36)22-9-8-10-23(32-22)26(38)33-24;3*1-26-13-17-18(25-26)20(29)21-9-4-2-3-5-10-27-12-14(11-22-27)15-7-6-8-16(23-15)19(28)24-17/h8-10,17-19,21H,4-7,11-16H2,1-3H3,(H,30,39)(H,33,38);2,4,6-8,11-13H,3,5,9-10H2,1H3,(H,21,29)(H,24,28);2*2-3,6-8,11-13H,4-5,9-10H2,1H3,(H,21,29)(H,24,28)/b;4-2+;3-2+;3-2-. The van der Waals surface area contributed by atoms with Crippen LogP contribution in [0.2, 0.25) is 0 Å². The van der Waals surface area contributed by atoms with Crippen LogP contribution in [0.4, 0.5) is 27.5 Å². The monoisotopic (exact) mass is 1740 g/mol. The molecule has 39 heteroatoms. The van der Waals surface area contributed by atoms with Gasteiger partial charge in [0.15, 0.2) is 22.8 Å². The molecular weight excluding hydrogens is 1640 g/mol. The highest BCUT2D eigenvalue weighted by Crippen LogP contribution is 2.30. The molecule has 0 saturated carbocycles. The van der Waals surface area contributed by atoms with Crippen molar-refractivity contribution in [1.82, 2.24) is 124 Å². The fourth-order valence-corrected chi connectivity index (χ4v) is 14.3. The van der Waals surface area contributed by atoms with Crippen molar-refractivity contribution in [3.8, 4) is 45.0 Å². The first-order valence-corrected chi connectivity index (χ1v) is 42.5. The number of aromatic nitrogens is 20. The highest BCUT2D eigenvalue weighted by molar-refractivity contribution is 6.10. The number of pyridine rings is 4. The van der Waals surface area contributed by atoms with E-state index in [1.807, 2.05) is 113 Å². The molecule has 1 fully saturated rings. The highest BCUT2D eigenvalue weighted by atomic mass is 16.6. The molecule has 0 aliphatic carbocycles. The molecule has 8 N–H and O–H groups in total. The van der Waals surface area contributed by atoms with Crippen LogP contribution in [0.5, 0.6) is 0 Å². The lowest BCUT2D eigenvalue weighted by atomic mass is 10.1. The van der Waals surface area contributed by atoms with Gasteiger partial charge in [-0.2, -0.15) is 40.8 Å². The van der Waals surface area contributed by atoms with Crippen molar-refractivity contribution in [3.05, 3.63) is 229 Å². The zero-order chi connectivity index (χ0) is 89.6. The van der Waals surface area contributed by atoms with Crippen LogP contribution in [0.25, 0.3) is 45.0 Å². The second-order valence-electron chi connectivity index (χ2n) is 31.8. The molecule has 17 heterocycles. The summed E-state index contributed by atoms with van der Waals surface area (Å²) in [5, 5.41) is 57.2. The molecule has 39 nitrogen and oxygen atoms in total. The summed E-state index contributed by atoms with van der Waals surface area (Å²) in [5.74, 6) is -3.03. The lowest BCUT2D eigenvalue weighted by Crippen LogP contribution is -2.42. The summed E-state index contributed by atoms with van der Waals surface area (Å²) in [5.41, 5.74) is 8.38. The van der Waals surface area contributed by atoms with Crippen LogP contribution < -0.4 is 42.5 Å². The summed E-state index contributed by atoms with van der Waals surface area (Å²) in [6, 6.07) is 20.9. The number of allylic oxidation sites excluding steroid dienone is 3. The van der Waals surface area contributed by atoms with Gasteiger partial charge in [-0.15, -0.1) is 0 Å². The second-order valence-corrected chi connectivity index (χ2v) is 31.8. The normalized spacial score (nSPS) is 16.6. The zero-order valence-corrected chi connectivity index (χ0v) is 71.9. The summed E-state index contributed by atoms with van der Waals surface area (Å²) in [6.45, 7) is 11.5. The average Bonchev–Trinajstić information content (AvgIpc) is 1.67. The van der Waals surface area contributed by atoms with Gasteiger partial charge in [-0.05, 0) is 134 Å². The van der Waals surface area contributed by atoms with Crippen LogP contribution in [0.15, 0.2) is 184 Å². The summed E-state index contributed by atoms with van der Waals surface area (Å²) in [6.07, 6.45) is 43.0. The van der Waals surface area contributed by atoms with E-state index in [2.05, 4.69) is 115 Å². The average molecular weight is 1740 g/mol. The summed E-state index contributed by atoms with van der Waals surface area (Å²) < 4.78 is 19.2. The number of likely N-dealkylation sites (tertiary alicyclic amines) is 1. The van der Waals surface area contributed by atoms with Crippen molar-refractivity contribution in [2.24, 2.45) is 21.1 Å². The van der Waals surface area contributed by atoms with Gasteiger partial charge in [-0.1, -0.05) is 73.6 Å². The van der Waals surface area contributed by atoms with Gasteiger partial charge >= 0.3 is 6.09 Å². The molecule has 0 unspecified atom stereocenters. The summed E-state index contributed by atoms with van der Waals surface area (Å²) in [4.78, 5) is 134. The van der Waals surface area contributed by atoms with E-state index in [0.717, 1.165) is 99.8 Å². The Morgan fingerprint density at radius 3 is 1.11 bits per heavy atom. The van der Waals surface area contributed by atoms with E-state index in [9.17, 15) is 43.2 Å². The number of amides is 9. The van der Waals surface area contributed by atoms with Crippen LogP contribution in [0.1, 0.15) is 188 Å². The van der Waals surface area contributed by atoms with Crippen molar-refractivity contribution in [2.45, 2.75) is 136 Å². The molecule has 1 saturated heterocycles. The minimum absolute atomic E-state index is 0.0366. The molecule has 5 aliphatic heterocycles. The van der Waals surface area contributed by atoms with E-state index in [0.29, 0.717) is 110 Å². The van der Waals surface area contributed by atoms with Gasteiger partial charge in [0.05, 0.1) is 76.4 Å². The van der Waals surface area contributed by atoms with E-state index in [-0.39, 0.29) is 81.3 Å². The minimum atomic E-state index is -0.558. The third kappa shape index (κ3) is 23.9. The first kappa shape index (κ1) is 88.8. The van der Waals surface area contributed by atoms with Gasteiger partial charge in [-0.3, -0.25) is 75.8 Å². The van der Waals surface area contributed by atoms with Crippen molar-refractivity contribution in [1.29, 1.82) is 0 Å². The zero-order valence-electron chi connectivity index (χ0n) is 71.9. The number of carbonyl (C=O) groups is 9. The van der Waals surface area contributed by atoms with E-state index in [4.69, 9.17) is 4.74 Å². The van der Waals surface area contributed by atoms with E-state index >= 15 is 0 Å². The number of hydrogen-bond donors (Lipinski definition) is 8. The van der Waals surface area contributed by atoms with Crippen molar-refractivity contribution < 1.29 is 47.9 Å². The number of nitrogens with one attached hydrogen (secondary N) is 8. The fraction of sp³-hybridized carbons (Fsp3) is 0.337. The van der Waals surface area contributed by atoms with Gasteiger partial charge in [0.1, 0.15) is 28.4 Å². The quantitative estimate of drug-likeness (QED) is 0.0708. The number of hydrogen-bond acceptors (Lipinski definition) is 22. The molecule has 16 bridgehead atoms. The predicted octanol–water partition coefficient (Wildman–Crippen LogP) is 10.3. The smallest absolute Gasteiger partial charge is 0.410 e. The van der Waals surface area contributed by atoms with Gasteiger partial charge in [0, 0.05) is 158 Å². The van der Waals surface area contributed by atoms with E-state index in [1.54, 1.807) is 129 Å². The number of rotatable bonds is 1. The lowest BCUT2D eigenvalue weighted by Gasteiger charge is -2.33. The topological polar surface area (TPSA) is 456 Å². The fourth-order valence-electron chi connectivity index (χ4n) is 14.3. The van der Waals surface area contributed by atoms with Crippen LogP contribution in [0, 0.1) is 0 Å². The number of ether oxygens (including phenoxy) is 1. The highest BCUT2D eigenvalue weighted by Gasteiger charge is 2.31. The van der Waals surface area contributed by atoms with Gasteiger partial charge < -0.3 is 52.2 Å². The second kappa shape index (κ2) is 41.8. The third-order valence-corrected chi connectivity index (χ3v) is 20.7. The largest absolute Gasteiger partial charge is 0.444 e. The van der Waals surface area contributed by atoms with Crippen LogP contribution >= 0.6 is 0 Å². The lowest BCUT2D eigenvalue weighted by molar-refractivity contribution is 0.0184. The maximum absolute atomic E-state index is 13.3. The predicted molar refractivity (Wildman–Crippen MR) is 474 cm³/mol. The Bertz CT molecular complexity index is 5920. The third-order valence-electron chi connectivity index (χ3n) is 20.7. The van der Waals surface area contributed by atoms with Crippen LogP contribution in [0.3, 0.4) is 0 Å². The summed E-state index contributed by atoms with van der Waals surface area (Å²) >= 11 is 0. The van der Waals surface area contributed by atoms with Crippen LogP contribution in [-0.4, -0.2) is 201 Å². The maximum atomic E-state index is 13.3. The Labute approximate surface area is 736 Å². The molecular formula is C89H101N29O10. The molecule has 9 amide bonds.